The van der Waals surface area contributed by atoms with E-state index in [4.69, 9.17) is 28.4 Å². The van der Waals surface area contributed by atoms with Crippen molar-refractivity contribution >= 4 is 18.2 Å². The maximum absolute atomic E-state index is 13.3. The number of ether oxygens (including phenoxy) is 6. The Morgan fingerprint density at radius 1 is 0.545 bits per heavy atom. The molecule has 0 unspecified atom stereocenters. The van der Waals surface area contributed by atoms with E-state index >= 15 is 0 Å². The number of halogens is 2. The number of rotatable bonds is 22. The molecular weight excluding hydrogens is 855 g/mol. The zero-order valence-electron chi connectivity index (χ0n) is 36.6. The third-order valence-corrected chi connectivity index (χ3v) is 10.1. The molecule has 346 valence electrons. The van der Waals surface area contributed by atoms with Crippen LogP contribution in [0.1, 0.15) is 52.0 Å². The van der Waals surface area contributed by atoms with Crippen molar-refractivity contribution in [2.75, 3.05) is 39.6 Å². The van der Waals surface area contributed by atoms with E-state index in [0.29, 0.717) is 48.4 Å². The van der Waals surface area contributed by atoms with Gasteiger partial charge in [0.05, 0.1) is 46.2 Å². The van der Waals surface area contributed by atoms with Crippen LogP contribution in [0, 0.1) is 11.6 Å². The molecule has 0 spiro atoms. The van der Waals surface area contributed by atoms with Gasteiger partial charge in [0.25, 0.3) is 0 Å². The summed E-state index contributed by atoms with van der Waals surface area (Å²) in [4.78, 5) is 38.1. The highest BCUT2D eigenvalue weighted by atomic mass is 19.1. The molecule has 0 atom stereocenters. The summed E-state index contributed by atoms with van der Waals surface area (Å²) in [7, 11) is 0. The summed E-state index contributed by atoms with van der Waals surface area (Å²) in [5.41, 5.74) is -0.249. The predicted molar refractivity (Wildman–Crippen MR) is 240 cm³/mol. The van der Waals surface area contributed by atoms with Gasteiger partial charge >= 0.3 is 17.5 Å². The van der Waals surface area contributed by atoms with E-state index in [9.17, 15) is 38.5 Å². The molecule has 0 aliphatic carbocycles. The molecule has 12 nitrogen and oxygen atoms in total. The van der Waals surface area contributed by atoms with E-state index in [2.05, 4.69) is 0 Å². The minimum Gasteiger partial charge on any atom is -0.489 e. The molecule has 0 radical (unpaired) electrons. The molecule has 0 heterocycles. The molecule has 6 rings (SSSR count). The molecule has 0 fully saturated rings. The van der Waals surface area contributed by atoms with Gasteiger partial charge in [-0.1, -0.05) is 91.0 Å². The van der Waals surface area contributed by atoms with Gasteiger partial charge < -0.3 is 43.7 Å². The largest absolute Gasteiger partial charge is 0.489 e. The maximum Gasteiger partial charge on any atom is 0.367 e. The van der Waals surface area contributed by atoms with Crippen LogP contribution in [0.4, 0.5) is 8.78 Å². The zero-order chi connectivity index (χ0) is 47.4. The SMILES string of the molecule is CCOC(=O)C(Oc1cc(C=O)ccc1OCCc1ccc(F)cc1)(C(=O)OCC)c1ccccc1.OCc1ccc(OCCc2ccc(F)cc2)c(OC(CO)(CO)c2ccccc2)c1. The van der Waals surface area contributed by atoms with Crippen molar-refractivity contribution in [3.8, 4) is 23.0 Å². The number of benzene rings is 6. The predicted octanol–water partition coefficient (Wildman–Crippen LogP) is 7.86. The summed E-state index contributed by atoms with van der Waals surface area (Å²) in [5, 5.41) is 29.6. The zero-order valence-corrected chi connectivity index (χ0v) is 36.6. The summed E-state index contributed by atoms with van der Waals surface area (Å²) in [5.74, 6) is -1.69. The Morgan fingerprint density at radius 2 is 1.00 bits per heavy atom. The average molecular weight is 907 g/mol. The van der Waals surface area contributed by atoms with Crippen molar-refractivity contribution in [1.82, 2.24) is 0 Å². The smallest absolute Gasteiger partial charge is 0.367 e. The summed E-state index contributed by atoms with van der Waals surface area (Å²) >= 11 is 0. The van der Waals surface area contributed by atoms with E-state index in [1.54, 1.807) is 111 Å². The molecule has 14 heteroatoms. The highest BCUT2D eigenvalue weighted by molar-refractivity contribution is 6.05. The quantitative estimate of drug-likeness (QED) is 0.0344. The lowest BCUT2D eigenvalue weighted by Gasteiger charge is -2.32. The third kappa shape index (κ3) is 13.0. The number of carbonyl (C=O) groups excluding carboxylic acids is 3. The highest BCUT2D eigenvalue weighted by Gasteiger charge is 2.54. The first-order valence-electron chi connectivity index (χ1n) is 21.2. The van der Waals surface area contributed by atoms with Crippen molar-refractivity contribution in [3.63, 3.8) is 0 Å². The first kappa shape index (κ1) is 49.9. The van der Waals surface area contributed by atoms with E-state index in [1.807, 2.05) is 6.07 Å². The van der Waals surface area contributed by atoms with Crippen molar-refractivity contribution < 1.29 is 66.9 Å². The number of carbonyl (C=O) groups is 3. The number of hydrogen-bond donors (Lipinski definition) is 3. The summed E-state index contributed by atoms with van der Waals surface area (Å²) in [6, 6.07) is 38.7. The summed E-state index contributed by atoms with van der Waals surface area (Å²) < 4.78 is 60.7. The van der Waals surface area contributed by atoms with Gasteiger partial charge in [-0.05, 0) is 85.1 Å². The highest BCUT2D eigenvalue weighted by Crippen LogP contribution is 2.38. The third-order valence-electron chi connectivity index (χ3n) is 10.1. The normalized spacial score (nSPS) is 11.1. The van der Waals surface area contributed by atoms with Crippen LogP contribution in [0.5, 0.6) is 23.0 Å². The first-order chi connectivity index (χ1) is 32.0. The van der Waals surface area contributed by atoms with Crippen LogP contribution in [0.2, 0.25) is 0 Å². The molecule has 0 aromatic heterocycles. The molecule has 6 aromatic carbocycles. The van der Waals surface area contributed by atoms with E-state index < -0.39 is 36.4 Å². The van der Waals surface area contributed by atoms with Gasteiger partial charge in [0.1, 0.15) is 17.9 Å². The average Bonchev–Trinajstić information content (AvgIpc) is 3.35. The van der Waals surface area contributed by atoms with Crippen LogP contribution in [-0.4, -0.2) is 73.2 Å². The van der Waals surface area contributed by atoms with Gasteiger partial charge in [-0.3, -0.25) is 4.79 Å². The second kappa shape index (κ2) is 24.8. The van der Waals surface area contributed by atoms with Gasteiger partial charge in [0, 0.05) is 29.5 Å². The van der Waals surface area contributed by atoms with E-state index in [1.165, 1.54) is 42.5 Å². The van der Waals surface area contributed by atoms with Gasteiger partial charge in [-0.15, -0.1) is 0 Å². The molecule has 3 N–H and O–H groups in total. The van der Waals surface area contributed by atoms with Crippen LogP contribution in [0.25, 0.3) is 0 Å². The van der Waals surface area contributed by atoms with Crippen molar-refractivity contribution in [2.24, 2.45) is 0 Å². The number of aliphatic hydroxyl groups is 3. The second-order valence-corrected chi connectivity index (χ2v) is 14.6. The molecule has 0 saturated carbocycles. The molecule has 0 saturated heterocycles. The monoisotopic (exact) mass is 906 g/mol. The molecule has 0 amide bonds. The number of hydrogen-bond acceptors (Lipinski definition) is 12. The molecule has 66 heavy (non-hydrogen) atoms. The fraction of sp³-hybridized carbons (Fsp3) is 0.250. The van der Waals surface area contributed by atoms with Gasteiger partial charge in [0.15, 0.2) is 28.6 Å². The standard InChI is InChI=1S/C28H27FO7.C24H25FO5/c1-3-33-26(31)28(27(32)34-4-2,22-8-6-5-7-9-22)36-25-18-21(19-30)12-15-24(25)35-17-16-20-10-13-23(29)14-11-20;25-21-9-6-18(7-10-21)12-13-29-22-11-8-19(15-26)14-23(22)30-24(16-27,17-28)20-4-2-1-3-5-20/h5-15,18-19H,3-4,16-17H2,1-2H3;1-11,14,26-28H,12-13,15-17H2. The molecule has 0 aliphatic heterocycles. The van der Waals surface area contributed by atoms with Gasteiger partial charge in [0.2, 0.25) is 0 Å². The molecular formula is C52H52F2O12. The first-order valence-corrected chi connectivity index (χ1v) is 21.2. The molecule has 6 aromatic rings. The number of aldehydes is 1. The fourth-order valence-electron chi connectivity index (χ4n) is 6.58. The number of aliphatic hydroxyl groups excluding tert-OH is 3. The Kier molecular flexibility index (Phi) is 18.7. The van der Waals surface area contributed by atoms with Crippen molar-refractivity contribution in [3.05, 3.63) is 191 Å². The van der Waals surface area contributed by atoms with E-state index in [0.717, 1.165) is 11.1 Å². The Labute approximate surface area is 381 Å². The van der Waals surface area contributed by atoms with Crippen LogP contribution in [-0.2, 0) is 49.7 Å². The van der Waals surface area contributed by atoms with E-state index in [-0.39, 0.29) is 60.7 Å². The van der Waals surface area contributed by atoms with Crippen molar-refractivity contribution in [1.29, 1.82) is 0 Å². The van der Waals surface area contributed by atoms with Gasteiger partial charge in [-0.2, -0.15) is 0 Å². The summed E-state index contributed by atoms with van der Waals surface area (Å²) in [6.07, 6.45) is 1.62. The Morgan fingerprint density at radius 3 is 1.45 bits per heavy atom. The topological polar surface area (TPSA) is 167 Å². The maximum atomic E-state index is 13.3. The Balaban J connectivity index is 0.000000251. The number of esters is 2. The lowest BCUT2D eigenvalue weighted by atomic mass is 9.93. The van der Waals surface area contributed by atoms with Crippen LogP contribution < -0.4 is 18.9 Å². The Bertz CT molecular complexity index is 2430. The Hall–Kier alpha value is -7.13. The van der Waals surface area contributed by atoms with Crippen LogP contribution in [0.15, 0.2) is 146 Å². The fourth-order valence-corrected chi connectivity index (χ4v) is 6.58. The lowest BCUT2D eigenvalue weighted by molar-refractivity contribution is -0.181. The molecule has 0 aliphatic rings. The summed E-state index contributed by atoms with van der Waals surface area (Å²) in [6.45, 7) is 2.60. The second-order valence-electron chi connectivity index (χ2n) is 14.6. The van der Waals surface area contributed by atoms with Crippen LogP contribution >= 0.6 is 0 Å². The molecule has 0 bridgehead atoms. The van der Waals surface area contributed by atoms with Crippen molar-refractivity contribution in [2.45, 2.75) is 44.5 Å². The minimum atomic E-state index is -2.30. The van der Waals surface area contributed by atoms with Gasteiger partial charge in [-0.25, -0.2) is 18.4 Å². The minimum absolute atomic E-state index is 0.00835. The lowest BCUT2D eigenvalue weighted by Crippen LogP contribution is -2.51. The van der Waals surface area contributed by atoms with Crippen LogP contribution in [0.3, 0.4) is 0 Å².